The average molecular weight is 341 g/mol. The summed E-state index contributed by atoms with van der Waals surface area (Å²) in [5, 5.41) is 11.0. The summed E-state index contributed by atoms with van der Waals surface area (Å²) in [6.45, 7) is 0.583. The van der Waals surface area contributed by atoms with Crippen molar-refractivity contribution in [3.63, 3.8) is 0 Å². The zero-order valence-corrected chi connectivity index (χ0v) is 12.6. The molecule has 0 bridgehead atoms. The minimum Gasteiger partial charge on any atom is -0.351 e. The molecule has 19 heavy (non-hydrogen) atoms. The van der Waals surface area contributed by atoms with E-state index in [4.69, 9.17) is 0 Å². The second kappa shape index (κ2) is 5.42. The van der Waals surface area contributed by atoms with Gasteiger partial charge in [-0.3, -0.25) is 4.79 Å². The van der Waals surface area contributed by atoms with E-state index in [0.29, 0.717) is 12.6 Å². The van der Waals surface area contributed by atoms with Crippen LogP contribution in [0.5, 0.6) is 0 Å². The Morgan fingerprint density at radius 1 is 1.53 bits per heavy atom. The minimum atomic E-state index is -0.0341. The summed E-state index contributed by atoms with van der Waals surface area (Å²) in [5.41, 5.74) is 0. The Labute approximate surface area is 123 Å². The van der Waals surface area contributed by atoms with Gasteiger partial charge in [-0.25, -0.2) is 0 Å². The molecule has 1 N–H and O–H groups in total. The monoisotopic (exact) mass is 340 g/mol. The maximum absolute atomic E-state index is 11.9. The third-order valence-corrected chi connectivity index (χ3v) is 4.64. The summed E-state index contributed by atoms with van der Waals surface area (Å²) in [7, 11) is 0. The highest BCUT2D eigenvalue weighted by Gasteiger charge is 2.25. The Hall–Kier alpha value is -1.21. The molecule has 2 heterocycles. The molecule has 0 atom stereocenters. The molecule has 3 rings (SSSR count). The van der Waals surface area contributed by atoms with Crippen LogP contribution in [0, 0.1) is 0 Å². The van der Waals surface area contributed by atoms with Gasteiger partial charge in [0.25, 0.3) is 5.91 Å². The Morgan fingerprint density at radius 3 is 3.05 bits per heavy atom. The predicted octanol–water partition coefficient (Wildman–Crippen LogP) is 2.41. The van der Waals surface area contributed by atoms with Crippen molar-refractivity contribution in [2.24, 2.45) is 0 Å². The molecule has 1 aliphatic rings. The average Bonchev–Trinajstić information content (AvgIpc) is 2.97. The summed E-state index contributed by atoms with van der Waals surface area (Å²) in [6.07, 6.45) is 4.92. The van der Waals surface area contributed by atoms with Crippen LogP contribution in [0.4, 0.5) is 0 Å². The molecule has 2 aromatic heterocycles. The first-order chi connectivity index (χ1) is 9.24. The smallest absolute Gasteiger partial charge is 0.261 e. The Morgan fingerprint density at radius 2 is 2.37 bits per heavy atom. The number of nitrogens with zero attached hydrogens (tertiary/aromatic N) is 3. The van der Waals surface area contributed by atoms with Gasteiger partial charge in [-0.2, -0.15) is 0 Å². The number of aromatic nitrogens is 3. The number of carbonyl (C=O) groups is 1. The first kappa shape index (κ1) is 12.8. The van der Waals surface area contributed by atoms with Crippen LogP contribution in [0.2, 0.25) is 0 Å². The van der Waals surface area contributed by atoms with Gasteiger partial charge >= 0.3 is 0 Å². The highest BCUT2D eigenvalue weighted by atomic mass is 79.9. The van der Waals surface area contributed by atoms with Gasteiger partial charge in [0.1, 0.15) is 12.2 Å². The molecule has 5 nitrogen and oxygen atoms in total. The molecule has 0 aromatic carbocycles. The lowest BCUT2D eigenvalue weighted by atomic mass is 10.3. The maximum atomic E-state index is 11.9. The van der Waals surface area contributed by atoms with Crippen LogP contribution in [-0.4, -0.2) is 27.2 Å². The van der Waals surface area contributed by atoms with Gasteiger partial charge in [-0.05, 0) is 40.9 Å². The van der Waals surface area contributed by atoms with Crippen molar-refractivity contribution in [1.82, 2.24) is 20.1 Å². The molecule has 0 radical (unpaired) electrons. The second-order valence-corrected chi connectivity index (χ2v) is 6.96. The maximum Gasteiger partial charge on any atom is 0.261 e. The SMILES string of the molecule is O=C(NCCc1nncn1C1CC1)c1ccc(Br)s1. The van der Waals surface area contributed by atoms with Crippen molar-refractivity contribution in [2.75, 3.05) is 6.54 Å². The van der Waals surface area contributed by atoms with Crippen LogP contribution in [0.25, 0.3) is 0 Å². The van der Waals surface area contributed by atoms with Crippen LogP contribution in [0.3, 0.4) is 0 Å². The molecule has 0 saturated heterocycles. The number of rotatable bonds is 5. The molecular formula is C12H13BrN4OS. The lowest BCUT2D eigenvalue weighted by molar-refractivity contribution is 0.0958. The van der Waals surface area contributed by atoms with E-state index < -0.39 is 0 Å². The summed E-state index contributed by atoms with van der Waals surface area (Å²) in [5.74, 6) is 0.920. The molecule has 7 heteroatoms. The van der Waals surface area contributed by atoms with Gasteiger partial charge in [0.05, 0.1) is 8.66 Å². The quantitative estimate of drug-likeness (QED) is 0.909. The third kappa shape index (κ3) is 3.03. The largest absolute Gasteiger partial charge is 0.351 e. The van der Waals surface area contributed by atoms with Crippen molar-refractivity contribution < 1.29 is 4.79 Å². The first-order valence-corrected chi connectivity index (χ1v) is 7.77. The second-order valence-electron chi connectivity index (χ2n) is 4.50. The number of halogens is 1. The van der Waals surface area contributed by atoms with Crippen LogP contribution >= 0.6 is 27.3 Å². The minimum absolute atomic E-state index is 0.0341. The molecule has 1 aliphatic carbocycles. The van der Waals surface area contributed by atoms with Crippen LogP contribution in [0.1, 0.15) is 34.4 Å². The van der Waals surface area contributed by atoms with Crippen molar-refractivity contribution in [2.45, 2.75) is 25.3 Å². The third-order valence-electron chi connectivity index (χ3n) is 3.02. The van der Waals surface area contributed by atoms with E-state index in [1.165, 1.54) is 24.2 Å². The molecule has 0 spiro atoms. The number of nitrogens with one attached hydrogen (secondary N) is 1. The molecular weight excluding hydrogens is 328 g/mol. The van der Waals surface area contributed by atoms with Gasteiger partial charge in [0.15, 0.2) is 0 Å². The molecule has 1 fully saturated rings. The van der Waals surface area contributed by atoms with Gasteiger partial charge < -0.3 is 9.88 Å². The van der Waals surface area contributed by atoms with E-state index in [-0.39, 0.29) is 5.91 Å². The van der Waals surface area contributed by atoms with E-state index >= 15 is 0 Å². The zero-order chi connectivity index (χ0) is 13.2. The van der Waals surface area contributed by atoms with E-state index in [9.17, 15) is 4.79 Å². The molecule has 1 saturated carbocycles. The number of thiophene rings is 1. The van der Waals surface area contributed by atoms with Crippen molar-refractivity contribution >= 4 is 33.2 Å². The normalized spacial score (nSPS) is 14.6. The van der Waals surface area contributed by atoms with Crippen molar-refractivity contribution in [3.8, 4) is 0 Å². The van der Waals surface area contributed by atoms with E-state index in [1.54, 1.807) is 6.33 Å². The molecule has 2 aromatic rings. The number of hydrogen-bond donors (Lipinski definition) is 1. The summed E-state index contributed by atoms with van der Waals surface area (Å²) in [6, 6.07) is 4.27. The molecule has 100 valence electrons. The van der Waals surface area contributed by atoms with Crippen molar-refractivity contribution in [3.05, 3.63) is 32.9 Å². The van der Waals surface area contributed by atoms with Gasteiger partial charge in [-0.1, -0.05) is 0 Å². The zero-order valence-electron chi connectivity index (χ0n) is 10.2. The van der Waals surface area contributed by atoms with E-state index in [1.807, 2.05) is 12.1 Å². The van der Waals surface area contributed by atoms with Gasteiger partial charge in [0.2, 0.25) is 0 Å². The van der Waals surface area contributed by atoms with Crippen molar-refractivity contribution in [1.29, 1.82) is 0 Å². The van der Waals surface area contributed by atoms with Crippen LogP contribution in [0.15, 0.2) is 22.2 Å². The molecule has 0 unspecified atom stereocenters. The van der Waals surface area contributed by atoms with E-state index in [0.717, 1.165) is 20.9 Å². The lowest BCUT2D eigenvalue weighted by Gasteiger charge is -2.05. The van der Waals surface area contributed by atoms with Gasteiger partial charge in [0, 0.05) is 19.0 Å². The fraction of sp³-hybridized carbons (Fsp3) is 0.417. The number of amides is 1. The lowest BCUT2D eigenvalue weighted by Crippen LogP contribution is -2.25. The highest BCUT2D eigenvalue weighted by Crippen LogP contribution is 2.35. The Bertz CT molecular complexity index is 590. The molecule has 1 amide bonds. The molecule has 0 aliphatic heterocycles. The predicted molar refractivity (Wildman–Crippen MR) is 76.3 cm³/mol. The standard InChI is InChI=1S/C12H13BrN4OS/c13-10-4-3-9(19-10)12(18)14-6-5-11-16-15-7-17(11)8-1-2-8/h3-4,7-8H,1-2,5-6H2,(H,14,18). The number of carbonyl (C=O) groups excluding carboxylic acids is 1. The fourth-order valence-corrected chi connectivity index (χ4v) is 3.22. The van der Waals surface area contributed by atoms with Gasteiger partial charge in [-0.15, -0.1) is 21.5 Å². The Balaban J connectivity index is 1.52. The summed E-state index contributed by atoms with van der Waals surface area (Å²) < 4.78 is 3.08. The summed E-state index contributed by atoms with van der Waals surface area (Å²) >= 11 is 4.78. The fourth-order valence-electron chi connectivity index (χ4n) is 1.91. The Kier molecular flexibility index (Phi) is 3.65. The van der Waals surface area contributed by atoms with E-state index in [2.05, 4.69) is 36.0 Å². The number of hydrogen-bond acceptors (Lipinski definition) is 4. The van der Waals surface area contributed by atoms with Crippen LogP contribution < -0.4 is 5.32 Å². The summed E-state index contributed by atoms with van der Waals surface area (Å²) in [4.78, 5) is 12.6. The first-order valence-electron chi connectivity index (χ1n) is 6.16. The van der Waals surface area contributed by atoms with Crippen LogP contribution in [-0.2, 0) is 6.42 Å². The highest BCUT2D eigenvalue weighted by molar-refractivity contribution is 9.11. The topological polar surface area (TPSA) is 59.8 Å².